The summed E-state index contributed by atoms with van der Waals surface area (Å²) in [5, 5.41) is 2.03. The third-order valence-corrected chi connectivity index (χ3v) is 10.7. The Morgan fingerprint density at radius 2 is 1.22 bits per heavy atom. The molecule has 10 aromatic rings. The summed E-state index contributed by atoms with van der Waals surface area (Å²) in [7, 11) is 0. The van der Waals surface area contributed by atoms with Crippen LogP contribution in [0.2, 0.25) is 0 Å². The van der Waals surface area contributed by atoms with Gasteiger partial charge in [0.05, 0.1) is 30.4 Å². The summed E-state index contributed by atoms with van der Waals surface area (Å²) in [5.41, 5.74) is 6.18. The molecule has 0 bridgehead atoms. The van der Waals surface area contributed by atoms with Gasteiger partial charge in [0.25, 0.3) is 6.33 Å². The van der Waals surface area contributed by atoms with Crippen LogP contribution in [0.5, 0.6) is 11.5 Å². The van der Waals surface area contributed by atoms with E-state index in [4.69, 9.17) is 18.4 Å². The Bertz CT molecular complexity index is 3560. The molecule has 6 heteroatoms. The van der Waals surface area contributed by atoms with Crippen LogP contribution in [0.25, 0.3) is 72.2 Å². The predicted octanol–water partition coefficient (Wildman–Crippen LogP) is 12.1. The first kappa shape index (κ1) is 27.1. The Hall–Kier alpha value is -6.68. The van der Waals surface area contributed by atoms with E-state index in [0.717, 1.165) is 59.1 Å². The van der Waals surface area contributed by atoms with E-state index in [0.29, 0.717) is 28.2 Å². The molecule has 3 heterocycles. The van der Waals surface area contributed by atoms with Crippen LogP contribution >= 0.6 is 0 Å². The van der Waals surface area contributed by atoms with Crippen LogP contribution in [0, 0.1) is 18.5 Å². The van der Waals surface area contributed by atoms with Gasteiger partial charge in [-0.05, 0) is 70.6 Å². The third-order valence-electron chi connectivity index (χ3n) is 10.7. The number of hydrogen-bond acceptors (Lipinski definition) is 2. The zero-order valence-corrected chi connectivity index (χ0v) is 33.7. The van der Waals surface area contributed by atoms with Gasteiger partial charge in [0.1, 0.15) is 0 Å². The van der Waals surface area contributed by atoms with Crippen LogP contribution < -0.4 is 14.2 Å². The van der Waals surface area contributed by atoms with Crippen LogP contribution in [-0.2, 0) is 21.1 Å². The van der Waals surface area contributed by atoms with Gasteiger partial charge in [0, 0.05) is 41.5 Å². The maximum atomic E-state index is 9.00. The van der Waals surface area contributed by atoms with E-state index >= 15 is 0 Å². The summed E-state index contributed by atoms with van der Waals surface area (Å²) in [5.74, 6) is 0.878. The van der Waals surface area contributed by atoms with E-state index in [1.165, 1.54) is 0 Å². The average Bonchev–Trinajstić information content (AvgIpc) is 4.12. The van der Waals surface area contributed by atoms with Crippen LogP contribution in [0.3, 0.4) is 0 Å². The summed E-state index contributed by atoms with van der Waals surface area (Å²) >= 11 is 0. The van der Waals surface area contributed by atoms with Crippen molar-refractivity contribution in [1.29, 1.82) is 0 Å². The molecule has 1 aliphatic rings. The molecule has 0 N–H and O–H groups in total. The molecule has 1 aliphatic heterocycles. The number of aromatic nitrogens is 3. The van der Waals surface area contributed by atoms with Crippen molar-refractivity contribution in [3.63, 3.8) is 0 Å². The zero-order valence-electron chi connectivity index (χ0n) is 41.4. The number of imidazole rings is 1. The van der Waals surface area contributed by atoms with Gasteiger partial charge in [-0.2, -0.15) is 12.1 Å². The molecule has 0 atom stereocenters. The number of anilines is 1. The van der Waals surface area contributed by atoms with Crippen LogP contribution in [0.15, 0.2) is 182 Å². The van der Waals surface area contributed by atoms with Crippen molar-refractivity contribution < 1.29 is 44.1 Å². The van der Waals surface area contributed by atoms with Crippen molar-refractivity contribution in [2.24, 2.45) is 0 Å². The molecule has 8 aromatic carbocycles. The van der Waals surface area contributed by atoms with E-state index in [9.17, 15) is 0 Å². The van der Waals surface area contributed by atoms with Crippen molar-refractivity contribution in [3.05, 3.63) is 200 Å². The van der Waals surface area contributed by atoms with E-state index in [2.05, 4.69) is 64.3 Å². The summed E-state index contributed by atoms with van der Waals surface area (Å²) in [6.45, 7) is 1.96. The van der Waals surface area contributed by atoms with Gasteiger partial charge in [0.2, 0.25) is 0 Å². The zero-order chi connectivity index (χ0) is 47.1. The fourth-order valence-electron chi connectivity index (χ4n) is 8.19. The second-order valence-electron chi connectivity index (χ2n) is 14.1. The topological polar surface area (TPSA) is 26.2 Å². The van der Waals surface area contributed by atoms with Crippen molar-refractivity contribution >= 4 is 38.5 Å². The van der Waals surface area contributed by atoms with Crippen molar-refractivity contribution in [1.82, 2.24) is 9.13 Å². The summed E-state index contributed by atoms with van der Waals surface area (Å²) in [4.78, 5) is 2.44. The summed E-state index contributed by atoms with van der Waals surface area (Å²) in [6, 6.07) is 40.1. The number of ether oxygens (including phenoxy) is 1. The molecule has 5 nitrogen and oxygen atoms in total. The van der Waals surface area contributed by atoms with E-state index in [1.807, 2.05) is 60.7 Å². The Balaban J connectivity index is 0.00000553. The molecule has 2 aromatic heterocycles. The smallest absolute Gasteiger partial charge is 0.503 e. The molecule has 284 valence electrons. The largest absolute Gasteiger partial charge is 4.00 e. The molecule has 0 spiro atoms. The third kappa shape index (κ3) is 6.52. The molecule has 11 rings (SSSR count). The fraction of sp³-hybridized carbons (Fsp3) is 0.0755. The van der Waals surface area contributed by atoms with Gasteiger partial charge < -0.3 is 18.8 Å². The first-order chi connectivity index (χ1) is 32.9. The van der Waals surface area contributed by atoms with Crippen molar-refractivity contribution in [3.8, 4) is 50.8 Å². The Morgan fingerprint density at radius 1 is 0.576 bits per heavy atom. The van der Waals surface area contributed by atoms with Gasteiger partial charge in [-0.1, -0.05) is 145 Å². The number of hydrogen-bond donors (Lipinski definition) is 0. The second kappa shape index (κ2) is 15.6. The Morgan fingerprint density at radius 3 is 1.97 bits per heavy atom. The first-order valence-corrected chi connectivity index (χ1v) is 19.2. The van der Waals surface area contributed by atoms with Gasteiger partial charge >= 0.3 is 21.1 Å². The minimum Gasteiger partial charge on any atom is -0.503 e. The van der Waals surface area contributed by atoms with Gasteiger partial charge in [-0.25, -0.2) is 0 Å². The molecule has 1 fully saturated rings. The van der Waals surface area contributed by atoms with Crippen LogP contribution in [0.4, 0.5) is 5.69 Å². The minimum absolute atomic E-state index is 0. The monoisotopic (exact) mass is 951 g/mol. The quantitative estimate of drug-likeness (QED) is 0.112. The standard InChI is InChI=1S/C53H38N4O.Pt/c1-4-17-38(18-5-1)44-25-15-26-45(39-19-6-2-7-20-39)53(44)56-37-55(48-27-10-11-28-49(48)56)41-23-14-24-42(35-41)58-43-31-32-47-46(36-43)52-50(54-33-12-13-34-54)29-16-30-51(52)57(47)40-21-8-3-9-22-40;/h1-11,14-32H,12-13,33-34H2;/q-2;+4/i1D,2D,4D,5D,6D,7D,17D,18D,19D,20D;. The molecular formula is C53H38N4OPt+2. The minimum atomic E-state index is -0.566. The molecular weight excluding hydrogens is 904 g/mol. The van der Waals surface area contributed by atoms with Crippen LogP contribution in [0.1, 0.15) is 26.5 Å². The normalized spacial score (nSPS) is 15.0. The van der Waals surface area contributed by atoms with Gasteiger partial charge in [0.15, 0.2) is 0 Å². The predicted molar refractivity (Wildman–Crippen MR) is 234 cm³/mol. The van der Waals surface area contributed by atoms with E-state index < -0.39 is 60.4 Å². The molecule has 0 aliphatic carbocycles. The average molecular weight is 952 g/mol. The number of para-hydroxylation sites is 4. The van der Waals surface area contributed by atoms with Gasteiger partial charge in [-0.3, -0.25) is 4.57 Å². The molecule has 59 heavy (non-hydrogen) atoms. The molecule has 0 radical (unpaired) electrons. The maximum Gasteiger partial charge on any atom is 4.00 e. The maximum absolute atomic E-state index is 9.00. The van der Waals surface area contributed by atoms with Crippen molar-refractivity contribution in [2.75, 3.05) is 18.0 Å². The summed E-state index contributed by atoms with van der Waals surface area (Å²) in [6.07, 6.45) is 5.68. The van der Waals surface area contributed by atoms with E-state index in [1.54, 1.807) is 33.4 Å². The second-order valence-corrected chi connectivity index (χ2v) is 14.1. The Labute approximate surface area is 372 Å². The molecule has 0 saturated carbocycles. The molecule has 0 amide bonds. The van der Waals surface area contributed by atoms with E-state index in [-0.39, 0.29) is 49.0 Å². The number of nitrogens with zero attached hydrogens (tertiary/aromatic N) is 4. The first-order valence-electron chi connectivity index (χ1n) is 24.2. The van der Waals surface area contributed by atoms with Crippen molar-refractivity contribution in [2.45, 2.75) is 12.8 Å². The number of fused-ring (bicyclic) bond motifs is 4. The van der Waals surface area contributed by atoms with Crippen LogP contribution in [-0.4, -0.2) is 22.2 Å². The number of rotatable bonds is 8. The SMILES string of the molecule is [2H]c1c([2H])c([2H])c(-c2cccc(-c3c([2H])c([2H])c([2H])c([2H])c3[2H])c2-[n+]2[c-]n(-c3[c-]c(Oc4[c-]c5c6c(N7CCCC7)cccc6n(-c6ccccc6)c5cc4)ccc3)c3ccccc32)c([2H])c1[2H].[Pt+4]. The molecule has 0 unspecified atom stereocenters. The Kier molecular flexibility index (Phi) is 7.15. The summed E-state index contributed by atoms with van der Waals surface area (Å²) < 4.78 is 99.1. The molecule has 1 saturated heterocycles. The van der Waals surface area contributed by atoms with Gasteiger partial charge in [-0.15, -0.1) is 23.6 Å². The number of benzene rings is 8. The fourth-order valence-corrected chi connectivity index (χ4v) is 8.19.